The van der Waals surface area contributed by atoms with Crippen LogP contribution in [0.3, 0.4) is 0 Å². The summed E-state index contributed by atoms with van der Waals surface area (Å²) in [7, 11) is 0. The van der Waals surface area contributed by atoms with Crippen molar-refractivity contribution in [3.63, 3.8) is 0 Å². The Kier molecular flexibility index (Phi) is 5.41. The molecule has 1 aliphatic rings. The molecule has 0 unspecified atom stereocenters. The molecule has 0 amide bonds. The molecule has 0 aromatic heterocycles. The number of hydrogen-bond donors (Lipinski definition) is 1. The van der Waals surface area contributed by atoms with Crippen LogP contribution in [-0.4, -0.2) is 29.1 Å². The Morgan fingerprint density at radius 2 is 1.95 bits per heavy atom. The van der Waals surface area contributed by atoms with Crippen molar-refractivity contribution in [2.45, 2.75) is 58.6 Å². The van der Waals surface area contributed by atoms with E-state index in [-0.39, 0.29) is 6.61 Å². The van der Waals surface area contributed by atoms with Gasteiger partial charge in [-0.05, 0) is 61.9 Å². The molecule has 1 aliphatic carbocycles. The minimum absolute atomic E-state index is 0.178. The van der Waals surface area contributed by atoms with Gasteiger partial charge in [0.2, 0.25) is 0 Å². The third kappa shape index (κ3) is 3.37. The number of fused-ring (bicyclic) bond motifs is 1. The van der Waals surface area contributed by atoms with Crippen molar-refractivity contribution in [2.75, 3.05) is 13.1 Å². The molecule has 1 aromatic rings. The normalized spacial score (nSPS) is 18.6. The zero-order chi connectivity index (χ0) is 13.7. The second kappa shape index (κ2) is 7.06. The molecule has 1 N–H and O–H groups in total. The van der Waals surface area contributed by atoms with Gasteiger partial charge in [-0.2, -0.15) is 0 Å². The fourth-order valence-corrected chi connectivity index (χ4v) is 3.36. The Morgan fingerprint density at radius 3 is 2.58 bits per heavy atom. The minimum atomic E-state index is 0.178. The highest BCUT2D eigenvalue weighted by Crippen LogP contribution is 2.27. The zero-order valence-electron chi connectivity index (χ0n) is 12.4. The molecule has 106 valence electrons. The molecule has 0 aliphatic heterocycles. The molecule has 0 saturated heterocycles. The highest BCUT2D eigenvalue weighted by Gasteiger charge is 2.24. The maximum absolute atomic E-state index is 9.51. The summed E-state index contributed by atoms with van der Waals surface area (Å²) in [6.45, 7) is 7.11. The van der Waals surface area contributed by atoms with Crippen molar-refractivity contribution >= 4 is 0 Å². The number of aliphatic hydroxyl groups is 1. The first-order valence-corrected chi connectivity index (χ1v) is 7.74. The fraction of sp³-hybridized carbons (Fsp3) is 0.647. The lowest BCUT2D eigenvalue weighted by atomic mass is 9.84. The van der Waals surface area contributed by atoms with E-state index in [4.69, 9.17) is 0 Å². The van der Waals surface area contributed by atoms with Gasteiger partial charge in [-0.3, -0.25) is 0 Å². The first-order chi connectivity index (χ1) is 9.30. The molecule has 19 heavy (non-hydrogen) atoms. The molecule has 1 aromatic carbocycles. The standard InChI is InChI=1S/C17H27NO/c1-3-10-18(11-4-2)16-9-8-14-6-5-7-15(13-19)17(14)12-16/h5-7,16,19H,3-4,8-13H2,1-2H3/t16-/m0/s1. The molecular weight excluding hydrogens is 234 g/mol. The summed E-state index contributed by atoms with van der Waals surface area (Å²) in [5, 5.41) is 9.51. The lowest BCUT2D eigenvalue weighted by Crippen LogP contribution is -2.40. The lowest BCUT2D eigenvalue weighted by molar-refractivity contribution is 0.178. The number of nitrogens with zero attached hydrogens (tertiary/aromatic N) is 1. The monoisotopic (exact) mass is 261 g/mol. The number of aryl methyl sites for hydroxylation is 1. The molecule has 0 radical (unpaired) electrons. The Morgan fingerprint density at radius 1 is 1.21 bits per heavy atom. The van der Waals surface area contributed by atoms with E-state index >= 15 is 0 Å². The Balaban J connectivity index is 2.15. The first kappa shape index (κ1) is 14.5. The highest BCUT2D eigenvalue weighted by molar-refractivity contribution is 5.37. The molecule has 2 heteroatoms. The maximum atomic E-state index is 9.51. The van der Waals surface area contributed by atoms with Crippen LogP contribution in [0.1, 0.15) is 49.8 Å². The van der Waals surface area contributed by atoms with Crippen LogP contribution < -0.4 is 0 Å². The predicted octanol–water partition coefficient (Wildman–Crippen LogP) is 3.16. The summed E-state index contributed by atoms with van der Waals surface area (Å²) in [6.07, 6.45) is 6.00. The van der Waals surface area contributed by atoms with Crippen molar-refractivity contribution < 1.29 is 5.11 Å². The lowest BCUT2D eigenvalue weighted by Gasteiger charge is -2.35. The molecule has 0 spiro atoms. The van der Waals surface area contributed by atoms with E-state index in [1.807, 2.05) is 0 Å². The van der Waals surface area contributed by atoms with E-state index in [9.17, 15) is 5.11 Å². The Hall–Kier alpha value is -0.860. The largest absolute Gasteiger partial charge is 0.392 e. The van der Waals surface area contributed by atoms with Crippen LogP contribution >= 0.6 is 0 Å². The van der Waals surface area contributed by atoms with E-state index in [0.717, 1.165) is 18.4 Å². The first-order valence-electron chi connectivity index (χ1n) is 7.74. The van der Waals surface area contributed by atoms with Crippen LogP contribution in [0, 0.1) is 0 Å². The predicted molar refractivity (Wildman–Crippen MR) is 80.3 cm³/mol. The van der Waals surface area contributed by atoms with E-state index in [1.165, 1.54) is 43.5 Å². The van der Waals surface area contributed by atoms with Gasteiger partial charge in [0.05, 0.1) is 6.61 Å². The number of rotatable bonds is 6. The quantitative estimate of drug-likeness (QED) is 0.850. The highest BCUT2D eigenvalue weighted by atomic mass is 16.3. The number of hydrogen-bond acceptors (Lipinski definition) is 2. The van der Waals surface area contributed by atoms with Gasteiger partial charge in [0, 0.05) is 6.04 Å². The van der Waals surface area contributed by atoms with Crippen LogP contribution in [0.15, 0.2) is 18.2 Å². The van der Waals surface area contributed by atoms with Crippen LogP contribution in [-0.2, 0) is 19.4 Å². The van der Waals surface area contributed by atoms with Gasteiger partial charge in [0.15, 0.2) is 0 Å². The van der Waals surface area contributed by atoms with Gasteiger partial charge < -0.3 is 10.0 Å². The summed E-state index contributed by atoms with van der Waals surface area (Å²) in [5.74, 6) is 0. The average Bonchev–Trinajstić information content (AvgIpc) is 2.46. The summed E-state index contributed by atoms with van der Waals surface area (Å²) < 4.78 is 0. The van der Waals surface area contributed by atoms with Crippen LogP contribution in [0.2, 0.25) is 0 Å². The van der Waals surface area contributed by atoms with Crippen LogP contribution in [0.4, 0.5) is 0 Å². The second-order valence-electron chi connectivity index (χ2n) is 5.65. The molecule has 2 nitrogen and oxygen atoms in total. The van der Waals surface area contributed by atoms with Gasteiger partial charge in [-0.15, -0.1) is 0 Å². The molecule has 1 atom stereocenters. The third-order valence-electron chi connectivity index (χ3n) is 4.27. The summed E-state index contributed by atoms with van der Waals surface area (Å²) in [5.41, 5.74) is 4.00. The fourth-order valence-electron chi connectivity index (χ4n) is 3.36. The summed E-state index contributed by atoms with van der Waals surface area (Å²) in [4.78, 5) is 2.65. The second-order valence-corrected chi connectivity index (χ2v) is 5.65. The van der Waals surface area contributed by atoms with Crippen LogP contribution in [0.25, 0.3) is 0 Å². The molecule has 0 saturated carbocycles. The van der Waals surface area contributed by atoms with Gasteiger partial charge in [-0.25, -0.2) is 0 Å². The van der Waals surface area contributed by atoms with E-state index in [0.29, 0.717) is 6.04 Å². The minimum Gasteiger partial charge on any atom is -0.392 e. The third-order valence-corrected chi connectivity index (χ3v) is 4.27. The van der Waals surface area contributed by atoms with Crippen molar-refractivity contribution in [1.82, 2.24) is 4.90 Å². The van der Waals surface area contributed by atoms with Gasteiger partial charge in [-0.1, -0.05) is 32.0 Å². The van der Waals surface area contributed by atoms with E-state index < -0.39 is 0 Å². The van der Waals surface area contributed by atoms with E-state index in [2.05, 4.69) is 36.9 Å². The van der Waals surface area contributed by atoms with Crippen molar-refractivity contribution in [2.24, 2.45) is 0 Å². The maximum Gasteiger partial charge on any atom is 0.0684 e. The zero-order valence-corrected chi connectivity index (χ0v) is 12.4. The van der Waals surface area contributed by atoms with Gasteiger partial charge in [0.25, 0.3) is 0 Å². The van der Waals surface area contributed by atoms with Crippen molar-refractivity contribution in [1.29, 1.82) is 0 Å². The van der Waals surface area contributed by atoms with Crippen LogP contribution in [0.5, 0.6) is 0 Å². The van der Waals surface area contributed by atoms with Gasteiger partial charge in [0.1, 0.15) is 0 Å². The topological polar surface area (TPSA) is 23.5 Å². The van der Waals surface area contributed by atoms with E-state index in [1.54, 1.807) is 0 Å². The number of aliphatic hydroxyl groups excluding tert-OH is 1. The molecule has 2 rings (SSSR count). The smallest absolute Gasteiger partial charge is 0.0684 e. The summed E-state index contributed by atoms with van der Waals surface area (Å²) in [6, 6.07) is 7.06. The average molecular weight is 261 g/mol. The van der Waals surface area contributed by atoms with Crippen molar-refractivity contribution in [3.8, 4) is 0 Å². The number of benzene rings is 1. The molecule has 0 bridgehead atoms. The Bertz CT molecular complexity index is 382. The molecule has 0 heterocycles. The van der Waals surface area contributed by atoms with Gasteiger partial charge >= 0.3 is 0 Å². The van der Waals surface area contributed by atoms with Crippen molar-refractivity contribution in [3.05, 3.63) is 34.9 Å². The summed E-state index contributed by atoms with van der Waals surface area (Å²) >= 11 is 0. The SMILES string of the molecule is CCCN(CCC)[C@H]1CCc2cccc(CO)c2C1. The molecule has 0 fully saturated rings. The molecular formula is C17H27NO. The Labute approximate surface area is 117 Å².